The van der Waals surface area contributed by atoms with Gasteiger partial charge in [-0.3, -0.25) is 0 Å². The predicted molar refractivity (Wildman–Crippen MR) is 102 cm³/mol. The number of hydrogen-bond donors (Lipinski definition) is 0. The third-order valence-electron chi connectivity index (χ3n) is 5.21. The summed E-state index contributed by atoms with van der Waals surface area (Å²) in [6, 6.07) is 15.1. The van der Waals surface area contributed by atoms with E-state index in [2.05, 4.69) is 58.0 Å². The molecule has 0 unspecified atom stereocenters. The lowest BCUT2D eigenvalue weighted by atomic mass is 9.71. The molecule has 3 heteroatoms. The van der Waals surface area contributed by atoms with Crippen LogP contribution < -0.4 is 0 Å². The molecule has 3 rings (SSSR count). The molecule has 0 N–H and O–H groups in total. The van der Waals surface area contributed by atoms with Crippen molar-refractivity contribution in [2.24, 2.45) is 0 Å². The molecule has 0 spiro atoms. The first-order valence-electron chi connectivity index (χ1n) is 8.81. The first-order chi connectivity index (χ1) is 11.9. The van der Waals surface area contributed by atoms with Crippen LogP contribution in [0.15, 0.2) is 36.4 Å². The molecule has 1 aliphatic rings. The van der Waals surface area contributed by atoms with Crippen LogP contribution in [0.1, 0.15) is 67.3 Å². The van der Waals surface area contributed by atoms with E-state index in [9.17, 15) is 5.26 Å². The first-order valence-corrected chi connectivity index (χ1v) is 9.19. The van der Waals surface area contributed by atoms with Crippen LogP contribution in [0.2, 0.25) is 5.02 Å². The Morgan fingerprint density at radius 2 is 1.64 bits per heavy atom. The molecule has 1 saturated heterocycles. The molecule has 0 amide bonds. The summed E-state index contributed by atoms with van der Waals surface area (Å²) in [5, 5.41) is 10.3. The lowest BCUT2D eigenvalue weighted by Crippen LogP contribution is -2.47. The smallest absolute Gasteiger partial charge is 0.0995 e. The minimum absolute atomic E-state index is 0.208. The summed E-state index contributed by atoms with van der Waals surface area (Å²) in [6.07, 6.45) is 0. The number of halogens is 1. The van der Waals surface area contributed by atoms with Gasteiger partial charge in [-0.05, 0) is 46.2 Å². The fraction of sp³-hybridized carbons (Fsp3) is 0.409. The SMILES string of the molecule is CC(C)c1ccc(C2(c3cc(Cl)c(C(C)C)c(C#N)c3)COC2)cc1. The van der Waals surface area contributed by atoms with E-state index in [4.69, 9.17) is 16.3 Å². The topological polar surface area (TPSA) is 33.0 Å². The maximum absolute atomic E-state index is 9.60. The van der Waals surface area contributed by atoms with E-state index >= 15 is 0 Å². The standard InChI is InChI=1S/C22H24ClNO/c1-14(2)16-5-7-18(8-6-16)22(12-25-13-22)19-9-17(11-24)21(15(3)4)20(23)10-19/h5-10,14-15H,12-13H2,1-4H3. The molecule has 2 aromatic carbocycles. The Morgan fingerprint density at radius 1 is 1.00 bits per heavy atom. The molecule has 1 fully saturated rings. The van der Waals surface area contributed by atoms with Gasteiger partial charge in [-0.1, -0.05) is 63.6 Å². The van der Waals surface area contributed by atoms with E-state index in [0.29, 0.717) is 29.7 Å². The fourth-order valence-electron chi connectivity index (χ4n) is 3.57. The van der Waals surface area contributed by atoms with Crippen LogP contribution in [0.5, 0.6) is 0 Å². The maximum Gasteiger partial charge on any atom is 0.0995 e. The van der Waals surface area contributed by atoms with Crippen molar-refractivity contribution in [1.82, 2.24) is 0 Å². The van der Waals surface area contributed by atoms with E-state index in [1.807, 2.05) is 12.1 Å². The molecule has 2 nitrogen and oxygen atoms in total. The molecule has 1 heterocycles. The molecule has 0 atom stereocenters. The third kappa shape index (κ3) is 3.08. The van der Waals surface area contributed by atoms with Crippen molar-refractivity contribution in [2.45, 2.75) is 44.9 Å². The van der Waals surface area contributed by atoms with Crippen LogP contribution in [0, 0.1) is 11.3 Å². The van der Waals surface area contributed by atoms with Crippen molar-refractivity contribution in [3.05, 3.63) is 69.2 Å². The zero-order valence-electron chi connectivity index (χ0n) is 15.3. The fourth-order valence-corrected chi connectivity index (χ4v) is 4.00. The van der Waals surface area contributed by atoms with E-state index < -0.39 is 0 Å². The van der Waals surface area contributed by atoms with Gasteiger partial charge in [0.15, 0.2) is 0 Å². The zero-order valence-corrected chi connectivity index (χ0v) is 16.0. The summed E-state index contributed by atoms with van der Waals surface area (Å²) in [5.74, 6) is 0.725. The molecular formula is C22H24ClNO. The van der Waals surface area contributed by atoms with E-state index in [-0.39, 0.29) is 11.3 Å². The van der Waals surface area contributed by atoms with Crippen LogP contribution >= 0.6 is 11.6 Å². The van der Waals surface area contributed by atoms with Crippen molar-refractivity contribution in [2.75, 3.05) is 13.2 Å². The van der Waals surface area contributed by atoms with Gasteiger partial charge in [0.2, 0.25) is 0 Å². The average molecular weight is 354 g/mol. The number of hydrogen-bond acceptors (Lipinski definition) is 2. The first kappa shape index (κ1) is 18.0. The summed E-state index contributed by atoms with van der Waals surface area (Å²) >= 11 is 6.56. The minimum Gasteiger partial charge on any atom is -0.379 e. The Labute approximate surface area is 155 Å². The normalized spacial score (nSPS) is 15.9. The van der Waals surface area contributed by atoms with Crippen molar-refractivity contribution < 1.29 is 4.74 Å². The van der Waals surface area contributed by atoms with E-state index in [1.54, 1.807) is 0 Å². The molecule has 0 aromatic heterocycles. The number of nitriles is 1. The highest BCUT2D eigenvalue weighted by atomic mass is 35.5. The van der Waals surface area contributed by atoms with Crippen LogP contribution in [0.25, 0.3) is 0 Å². The lowest BCUT2D eigenvalue weighted by Gasteiger charge is -2.43. The molecular weight excluding hydrogens is 330 g/mol. The highest BCUT2D eigenvalue weighted by molar-refractivity contribution is 6.31. The Kier molecular flexibility index (Phi) is 4.91. The van der Waals surface area contributed by atoms with Crippen molar-refractivity contribution in [3.8, 4) is 6.07 Å². The highest BCUT2D eigenvalue weighted by Gasteiger charge is 2.42. The summed E-state index contributed by atoms with van der Waals surface area (Å²) in [6.45, 7) is 9.76. The highest BCUT2D eigenvalue weighted by Crippen LogP contribution is 2.42. The van der Waals surface area contributed by atoms with Crippen LogP contribution in [0.4, 0.5) is 0 Å². The number of nitrogens with zero attached hydrogens (tertiary/aromatic N) is 1. The maximum atomic E-state index is 9.60. The molecule has 1 aliphatic heterocycles. The Bertz CT molecular complexity index is 811. The molecule has 2 aromatic rings. The van der Waals surface area contributed by atoms with Gasteiger partial charge < -0.3 is 4.74 Å². The molecule has 0 radical (unpaired) electrons. The summed E-state index contributed by atoms with van der Waals surface area (Å²) in [4.78, 5) is 0. The van der Waals surface area contributed by atoms with Gasteiger partial charge in [-0.25, -0.2) is 0 Å². The van der Waals surface area contributed by atoms with Gasteiger partial charge in [-0.2, -0.15) is 5.26 Å². The van der Waals surface area contributed by atoms with Gasteiger partial charge in [0, 0.05) is 5.02 Å². The monoisotopic (exact) mass is 353 g/mol. The number of benzene rings is 2. The minimum atomic E-state index is -0.208. The second-order valence-electron chi connectivity index (χ2n) is 7.54. The van der Waals surface area contributed by atoms with Crippen LogP contribution in [0.3, 0.4) is 0 Å². The average Bonchev–Trinajstić information content (AvgIpc) is 2.53. The van der Waals surface area contributed by atoms with Gasteiger partial charge >= 0.3 is 0 Å². The molecule has 0 aliphatic carbocycles. The zero-order chi connectivity index (χ0) is 18.2. The van der Waals surface area contributed by atoms with E-state index in [1.165, 1.54) is 11.1 Å². The number of rotatable bonds is 4. The van der Waals surface area contributed by atoms with Crippen molar-refractivity contribution in [3.63, 3.8) is 0 Å². The largest absolute Gasteiger partial charge is 0.379 e. The van der Waals surface area contributed by atoms with Gasteiger partial charge in [0.25, 0.3) is 0 Å². The second-order valence-corrected chi connectivity index (χ2v) is 7.94. The van der Waals surface area contributed by atoms with Crippen molar-refractivity contribution >= 4 is 11.6 Å². The lowest BCUT2D eigenvalue weighted by molar-refractivity contribution is -0.0380. The number of ether oxygens (including phenoxy) is 1. The quantitative estimate of drug-likeness (QED) is 0.698. The Morgan fingerprint density at radius 3 is 2.08 bits per heavy atom. The molecule has 0 bridgehead atoms. The van der Waals surface area contributed by atoms with Crippen LogP contribution in [-0.4, -0.2) is 13.2 Å². The van der Waals surface area contributed by atoms with Gasteiger partial charge in [0.1, 0.15) is 0 Å². The Balaban J connectivity index is 2.09. The predicted octanol–water partition coefficient (Wildman–Crippen LogP) is 5.77. The van der Waals surface area contributed by atoms with Gasteiger partial charge in [0.05, 0.1) is 30.3 Å². The van der Waals surface area contributed by atoms with Gasteiger partial charge in [-0.15, -0.1) is 0 Å². The molecule has 0 saturated carbocycles. The summed E-state index contributed by atoms with van der Waals surface area (Å²) < 4.78 is 5.59. The Hall–Kier alpha value is -1.82. The molecule has 25 heavy (non-hydrogen) atoms. The second kappa shape index (κ2) is 6.83. The molecule has 130 valence electrons. The summed E-state index contributed by atoms with van der Waals surface area (Å²) in [5.41, 5.74) is 5.01. The van der Waals surface area contributed by atoms with Crippen LogP contribution in [-0.2, 0) is 10.2 Å². The van der Waals surface area contributed by atoms with E-state index in [0.717, 1.165) is 11.1 Å². The van der Waals surface area contributed by atoms with Crippen molar-refractivity contribution in [1.29, 1.82) is 5.26 Å². The summed E-state index contributed by atoms with van der Waals surface area (Å²) in [7, 11) is 0. The third-order valence-corrected chi connectivity index (χ3v) is 5.52.